The smallest absolute Gasteiger partial charge is 0.346 e. The maximum atomic E-state index is 11.9. The van der Waals surface area contributed by atoms with Crippen LogP contribution < -0.4 is 33.3 Å². The molecule has 0 unspecified atom stereocenters. The van der Waals surface area contributed by atoms with Gasteiger partial charge in [0.1, 0.15) is 46.1 Å². The van der Waals surface area contributed by atoms with E-state index < -0.39 is 5.97 Å². The lowest BCUT2D eigenvalue weighted by atomic mass is 10.0. The van der Waals surface area contributed by atoms with Gasteiger partial charge in [-0.3, -0.25) is 0 Å². The summed E-state index contributed by atoms with van der Waals surface area (Å²) >= 11 is 0. The van der Waals surface area contributed by atoms with E-state index in [-0.39, 0.29) is 5.57 Å². The molecule has 0 amide bonds. The number of H-pyrrole nitrogens is 2. The SMILES string of the molecule is CCCCCCCCOc1cccc(OCCCCCCCC)c1-c1c2nc(c(C#Cc3ccc(N(c4ccc(OC)cc4)c4ccc(OC)cc4)cc3)c3ccc([nH]3)c(-c3c(OCCCCCCCC)cccc3OCCCCCCCC)c3nc(c(C#Cc4ccc(/C=C(\C#N)C(=O)O)cc4)c4ccc1[nH]4)C=C3)C=C2. The van der Waals surface area contributed by atoms with Crippen molar-refractivity contribution in [3.63, 3.8) is 0 Å². The number of methoxy groups -OCH3 is 2. The highest BCUT2D eigenvalue weighted by Crippen LogP contribution is 2.46. The zero-order chi connectivity index (χ0) is 78.1. The Morgan fingerprint density at radius 1 is 0.393 bits per heavy atom. The Labute approximate surface area is 663 Å². The Hall–Kier alpha value is -11.7. The molecule has 0 saturated heterocycles. The molecule has 11 rings (SSSR count). The Kier molecular flexibility index (Phi) is 31.3. The highest BCUT2D eigenvalue weighted by molar-refractivity contribution is 5.99. The zero-order valence-corrected chi connectivity index (χ0v) is 66.3. The number of unbranched alkanes of at least 4 members (excludes halogenated alkanes) is 20. The van der Waals surface area contributed by atoms with E-state index in [2.05, 4.69) is 157 Å². The molecule has 5 heterocycles. The number of benzene rings is 6. The summed E-state index contributed by atoms with van der Waals surface area (Å²) in [7, 11) is 3.35. The lowest BCUT2D eigenvalue weighted by Crippen LogP contribution is -2.09. The number of aliphatic carboxylic acids is 1. The first kappa shape index (κ1) is 81.3. The normalized spacial score (nSPS) is 11.5. The largest absolute Gasteiger partial charge is 0.497 e. The number of aromatic amines is 2. The van der Waals surface area contributed by atoms with Gasteiger partial charge in [-0.25, -0.2) is 14.8 Å². The standard InChI is InChI=1S/C98H108N6O8/c1-7-11-15-19-23-27-65-109-90-33-31-34-91(110-66-28-24-20-16-12-8-2)96(90)94-86-61-57-82(100-86)80(55-43-71-37-39-73(40-38-71)69-74(70-99)98(105)106)83-58-62-87(101-83)95(97-92(111-67-29-25-21-17-13-9-3)35-32-36-93(97)112-68-30-26-22-18-14-10-4)89-64-60-85(103-89)81(84-59-63-88(94)102-84)56-44-72-41-45-75(46-42-72)104(76-47-51-78(107-5)52-48-76)77-49-53-79(108-6)54-50-77/h31-42,45-54,57-64,69,100,103H,7-30,65-68H2,1-6H3,(H,105,106)/b74-69+,82-80?,83-80?,84-81?,85-81?,94-86?,94-88?,95-87?,95-89?. The van der Waals surface area contributed by atoms with E-state index in [1.807, 2.05) is 78.9 Å². The van der Waals surface area contributed by atoms with Gasteiger partial charge >= 0.3 is 5.97 Å². The zero-order valence-electron chi connectivity index (χ0n) is 66.3. The summed E-state index contributed by atoms with van der Waals surface area (Å²) in [6.07, 6.45) is 36.3. The molecule has 14 nitrogen and oxygen atoms in total. The fraction of sp³-hybridized carbons (Fsp3) is 0.347. The van der Waals surface area contributed by atoms with Gasteiger partial charge in [0, 0.05) is 50.3 Å². The van der Waals surface area contributed by atoms with Crippen molar-refractivity contribution < 1.29 is 38.3 Å². The number of anilines is 3. The molecule has 6 aromatic carbocycles. The minimum absolute atomic E-state index is 0.366. The van der Waals surface area contributed by atoms with Crippen LogP contribution in [0.25, 0.3) is 74.7 Å². The van der Waals surface area contributed by atoms with Crippen molar-refractivity contribution in [2.45, 2.75) is 182 Å². The number of carboxylic acid groups (broad SMARTS) is 1. The minimum Gasteiger partial charge on any atom is -0.497 e. The van der Waals surface area contributed by atoms with Crippen LogP contribution in [0.5, 0.6) is 34.5 Å². The highest BCUT2D eigenvalue weighted by Gasteiger charge is 2.25. The van der Waals surface area contributed by atoms with Crippen molar-refractivity contribution in [3.8, 4) is 86.5 Å². The first-order valence-corrected chi connectivity index (χ1v) is 40.7. The lowest BCUT2D eigenvalue weighted by Gasteiger charge is -2.25. The monoisotopic (exact) mass is 1500 g/mol. The number of carbonyl (C=O) groups is 1. The quantitative estimate of drug-likeness (QED) is 0.0143. The van der Waals surface area contributed by atoms with Gasteiger partial charge in [0.05, 0.1) is 96.7 Å². The third kappa shape index (κ3) is 22.3. The molecule has 8 bridgehead atoms. The molecule has 0 atom stereocenters. The molecule has 0 fully saturated rings. The molecule has 578 valence electrons. The Morgan fingerprint density at radius 2 is 0.714 bits per heavy atom. The Bertz CT molecular complexity index is 4830. The number of nitriles is 1. The summed E-state index contributed by atoms with van der Waals surface area (Å²) < 4.78 is 39.2. The maximum Gasteiger partial charge on any atom is 0.346 e. The van der Waals surface area contributed by atoms with Crippen LogP contribution in [-0.4, -0.2) is 71.7 Å². The van der Waals surface area contributed by atoms with E-state index in [1.54, 1.807) is 32.4 Å². The number of nitrogens with zero attached hydrogens (tertiary/aromatic N) is 4. The van der Waals surface area contributed by atoms with Gasteiger partial charge in [0.25, 0.3) is 0 Å². The van der Waals surface area contributed by atoms with Gasteiger partial charge in [0.2, 0.25) is 0 Å². The van der Waals surface area contributed by atoms with Crippen LogP contribution in [0.15, 0.2) is 163 Å². The summed E-state index contributed by atoms with van der Waals surface area (Å²) in [5, 5.41) is 19.3. The fourth-order valence-corrected chi connectivity index (χ4v) is 14.1. The van der Waals surface area contributed by atoms with E-state index in [0.717, 1.165) is 150 Å². The number of carboxylic acids is 1. The van der Waals surface area contributed by atoms with Crippen molar-refractivity contribution in [2.24, 2.45) is 0 Å². The molecule has 112 heavy (non-hydrogen) atoms. The second kappa shape index (κ2) is 43.1. The summed E-state index contributed by atoms with van der Waals surface area (Å²) in [4.78, 5) is 33.4. The second-order valence-electron chi connectivity index (χ2n) is 28.6. The molecule has 0 radical (unpaired) electrons. The van der Waals surface area contributed by atoms with Gasteiger partial charge in [-0.05, 0) is 195 Å². The predicted octanol–water partition coefficient (Wildman–Crippen LogP) is 25.2. The molecule has 14 heteroatoms. The van der Waals surface area contributed by atoms with E-state index in [4.69, 9.17) is 38.4 Å². The molecule has 3 aromatic heterocycles. The highest BCUT2D eigenvalue weighted by atomic mass is 16.5. The average molecular weight is 1500 g/mol. The van der Waals surface area contributed by atoms with E-state index in [1.165, 1.54) is 83.1 Å². The molecule has 2 aliphatic rings. The second-order valence-corrected chi connectivity index (χ2v) is 28.6. The van der Waals surface area contributed by atoms with Crippen LogP contribution >= 0.6 is 0 Å². The summed E-state index contributed by atoms with van der Waals surface area (Å²) in [5.41, 5.74) is 14.3. The molecule has 0 aliphatic carbocycles. The van der Waals surface area contributed by atoms with Crippen LogP contribution in [0.1, 0.15) is 232 Å². The van der Waals surface area contributed by atoms with Gasteiger partial charge in [-0.15, -0.1) is 0 Å². The molecular weight excluding hydrogens is 1390 g/mol. The number of hydrogen-bond donors (Lipinski definition) is 3. The van der Waals surface area contributed by atoms with Crippen LogP contribution in [0.2, 0.25) is 0 Å². The maximum absolute atomic E-state index is 11.9. The molecular formula is C98H108N6O8. The number of ether oxygens (including phenoxy) is 6. The number of fused-ring (bicyclic) bond motifs is 8. The van der Waals surface area contributed by atoms with Crippen molar-refractivity contribution in [3.05, 3.63) is 214 Å². The van der Waals surface area contributed by atoms with Gasteiger partial charge < -0.3 is 48.4 Å². The van der Waals surface area contributed by atoms with E-state index >= 15 is 0 Å². The molecule has 3 N–H and O–H groups in total. The minimum atomic E-state index is -1.30. The molecule has 2 aliphatic heterocycles. The van der Waals surface area contributed by atoms with E-state index in [9.17, 15) is 15.2 Å². The molecule has 0 spiro atoms. The third-order valence-electron chi connectivity index (χ3n) is 20.3. The lowest BCUT2D eigenvalue weighted by molar-refractivity contribution is -0.132. The van der Waals surface area contributed by atoms with Gasteiger partial charge in [0.15, 0.2) is 0 Å². The number of nitrogens with one attached hydrogen (secondary N) is 2. The predicted molar refractivity (Wildman–Crippen MR) is 459 cm³/mol. The summed E-state index contributed by atoms with van der Waals surface area (Å²) in [6.45, 7) is 11.0. The van der Waals surface area contributed by atoms with Crippen molar-refractivity contribution in [2.75, 3.05) is 45.5 Å². The summed E-state index contributed by atoms with van der Waals surface area (Å²) in [5.74, 6) is 17.4. The van der Waals surface area contributed by atoms with E-state index in [0.29, 0.717) is 100.0 Å². The van der Waals surface area contributed by atoms with Crippen LogP contribution in [0.3, 0.4) is 0 Å². The number of hydrogen-bond acceptors (Lipinski definition) is 11. The average Bonchev–Trinajstić information content (AvgIpc) is 1.57. The van der Waals surface area contributed by atoms with Crippen molar-refractivity contribution in [1.29, 1.82) is 5.26 Å². The molecule has 9 aromatic rings. The van der Waals surface area contributed by atoms with Gasteiger partial charge in [-0.1, -0.05) is 204 Å². The van der Waals surface area contributed by atoms with Crippen LogP contribution in [0.4, 0.5) is 17.1 Å². The molecule has 0 saturated carbocycles. The fourth-order valence-electron chi connectivity index (χ4n) is 14.1. The third-order valence-corrected chi connectivity index (χ3v) is 20.3. The number of aromatic nitrogens is 4. The van der Waals surface area contributed by atoms with Crippen molar-refractivity contribution in [1.82, 2.24) is 19.9 Å². The Balaban J connectivity index is 1.17. The van der Waals surface area contributed by atoms with Crippen molar-refractivity contribution >= 4 is 75.5 Å². The first-order chi connectivity index (χ1) is 55.1. The van der Waals surface area contributed by atoms with Gasteiger partial charge in [-0.2, -0.15) is 5.26 Å². The number of rotatable bonds is 41. The van der Waals surface area contributed by atoms with Crippen LogP contribution in [-0.2, 0) is 4.79 Å². The first-order valence-electron chi connectivity index (χ1n) is 40.7. The topological polar surface area (TPSA) is 177 Å². The summed E-state index contributed by atoms with van der Waals surface area (Å²) in [6, 6.07) is 53.9. The Morgan fingerprint density at radius 3 is 1.05 bits per heavy atom. The van der Waals surface area contributed by atoms with Crippen LogP contribution in [0, 0.1) is 35.0 Å².